The van der Waals surface area contributed by atoms with Crippen molar-refractivity contribution in [3.8, 4) is 0 Å². The summed E-state index contributed by atoms with van der Waals surface area (Å²) in [5, 5.41) is 12.7. The maximum atomic E-state index is 12.2. The van der Waals surface area contributed by atoms with Gasteiger partial charge in [-0.05, 0) is 50.0 Å². The van der Waals surface area contributed by atoms with Crippen LogP contribution in [0, 0.1) is 17.8 Å². The molecule has 3 rings (SSSR count). The molecule has 4 unspecified atom stereocenters. The van der Waals surface area contributed by atoms with Crippen LogP contribution in [0.5, 0.6) is 0 Å². The number of fused-ring (bicyclic) bond motifs is 2. The zero-order valence-corrected chi connectivity index (χ0v) is 12.0. The molecule has 0 heterocycles. The van der Waals surface area contributed by atoms with Gasteiger partial charge in [-0.25, -0.2) is 0 Å². The van der Waals surface area contributed by atoms with Gasteiger partial charge in [0.05, 0.1) is 6.10 Å². The van der Waals surface area contributed by atoms with Gasteiger partial charge in [0.2, 0.25) is 5.91 Å². The lowest BCUT2D eigenvalue weighted by Gasteiger charge is -2.21. The molecule has 0 saturated heterocycles. The molecule has 2 aliphatic rings. The fourth-order valence-corrected chi connectivity index (χ4v) is 4.04. The Morgan fingerprint density at radius 2 is 2.15 bits per heavy atom. The second-order valence-corrected chi connectivity index (χ2v) is 6.45. The Morgan fingerprint density at radius 3 is 2.80 bits per heavy atom. The summed E-state index contributed by atoms with van der Waals surface area (Å²) in [5.41, 5.74) is 1.53. The normalized spacial score (nSPS) is 29.4. The number of carbonyl (C=O) groups excluding carboxylic acids is 1. The van der Waals surface area contributed by atoms with Gasteiger partial charge in [0, 0.05) is 17.7 Å². The number of hydrogen-bond donors (Lipinski definition) is 2. The molecule has 2 N–H and O–H groups in total. The van der Waals surface area contributed by atoms with Crippen LogP contribution >= 0.6 is 0 Å². The van der Waals surface area contributed by atoms with E-state index in [1.807, 2.05) is 24.3 Å². The van der Waals surface area contributed by atoms with Crippen LogP contribution in [0.1, 0.15) is 50.7 Å². The summed E-state index contributed by atoms with van der Waals surface area (Å²) in [6, 6.07) is 7.49. The lowest BCUT2D eigenvalue weighted by atomic mass is 9.86. The van der Waals surface area contributed by atoms with Crippen molar-refractivity contribution in [1.82, 2.24) is 0 Å². The van der Waals surface area contributed by atoms with Gasteiger partial charge in [-0.15, -0.1) is 0 Å². The van der Waals surface area contributed by atoms with E-state index in [1.165, 1.54) is 25.7 Å². The molecular formula is C17H23NO2. The molecule has 0 aliphatic heterocycles. The van der Waals surface area contributed by atoms with Crippen LogP contribution in [0.3, 0.4) is 0 Å². The molecule has 108 valence electrons. The van der Waals surface area contributed by atoms with Crippen LogP contribution in [-0.2, 0) is 4.79 Å². The number of nitrogens with one attached hydrogen (secondary N) is 1. The number of aliphatic hydroxyl groups excluding tert-OH is 1. The molecule has 4 atom stereocenters. The smallest absolute Gasteiger partial charge is 0.224 e. The monoisotopic (exact) mass is 273 g/mol. The van der Waals surface area contributed by atoms with Gasteiger partial charge in [-0.1, -0.05) is 24.6 Å². The van der Waals surface area contributed by atoms with Gasteiger partial charge in [-0.3, -0.25) is 4.79 Å². The van der Waals surface area contributed by atoms with E-state index < -0.39 is 6.10 Å². The average molecular weight is 273 g/mol. The highest BCUT2D eigenvalue weighted by molar-refractivity contribution is 5.91. The van der Waals surface area contributed by atoms with Gasteiger partial charge in [0.25, 0.3) is 0 Å². The maximum Gasteiger partial charge on any atom is 0.224 e. The summed E-state index contributed by atoms with van der Waals surface area (Å²) in [6.07, 6.45) is 5.32. The Balaban J connectivity index is 1.62. The van der Waals surface area contributed by atoms with E-state index in [-0.39, 0.29) is 5.91 Å². The second kappa shape index (κ2) is 5.57. The van der Waals surface area contributed by atoms with Gasteiger partial charge in [-0.2, -0.15) is 0 Å². The van der Waals surface area contributed by atoms with Gasteiger partial charge in [0.15, 0.2) is 0 Å². The molecule has 1 amide bonds. The highest BCUT2D eigenvalue weighted by atomic mass is 16.3. The molecule has 2 bridgehead atoms. The number of rotatable bonds is 4. The third kappa shape index (κ3) is 2.73. The number of para-hydroxylation sites is 1. The molecule has 2 fully saturated rings. The fourth-order valence-electron chi connectivity index (χ4n) is 4.04. The molecule has 20 heavy (non-hydrogen) atoms. The Hall–Kier alpha value is -1.35. The van der Waals surface area contributed by atoms with Crippen molar-refractivity contribution < 1.29 is 9.90 Å². The second-order valence-electron chi connectivity index (χ2n) is 6.45. The number of hydrogen-bond acceptors (Lipinski definition) is 2. The maximum absolute atomic E-state index is 12.2. The predicted molar refractivity (Wildman–Crippen MR) is 79.3 cm³/mol. The van der Waals surface area contributed by atoms with E-state index in [4.69, 9.17) is 0 Å². The van der Waals surface area contributed by atoms with E-state index >= 15 is 0 Å². The third-order valence-corrected chi connectivity index (χ3v) is 5.02. The first kappa shape index (κ1) is 13.6. The first-order chi connectivity index (χ1) is 9.63. The molecule has 0 radical (unpaired) electrons. The average Bonchev–Trinajstić information content (AvgIpc) is 3.01. The molecule has 3 nitrogen and oxygen atoms in total. The van der Waals surface area contributed by atoms with Crippen LogP contribution in [0.15, 0.2) is 24.3 Å². The Labute approximate surface area is 120 Å². The van der Waals surface area contributed by atoms with Crippen LogP contribution in [0.2, 0.25) is 0 Å². The summed E-state index contributed by atoms with van der Waals surface area (Å²) in [5.74, 6) is 2.32. The zero-order chi connectivity index (χ0) is 14.1. The molecule has 1 aromatic carbocycles. The lowest BCUT2D eigenvalue weighted by Crippen LogP contribution is -2.21. The van der Waals surface area contributed by atoms with E-state index in [9.17, 15) is 9.90 Å². The molecule has 3 heteroatoms. The Bertz CT molecular complexity index is 498. The van der Waals surface area contributed by atoms with Gasteiger partial charge < -0.3 is 10.4 Å². The summed E-state index contributed by atoms with van der Waals surface area (Å²) >= 11 is 0. The van der Waals surface area contributed by atoms with Crippen molar-refractivity contribution in [3.05, 3.63) is 29.8 Å². The van der Waals surface area contributed by atoms with Crippen LogP contribution in [0.25, 0.3) is 0 Å². The topological polar surface area (TPSA) is 49.3 Å². The van der Waals surface area contributed by atoms with Crippen molar-refractivity contribution >= 4 is 11.6 Å². The van der Waals surface area contributed by atoms with Crippen LogP contribution in [0.4, 0.5) is 5.69 Å². The van der Waals surface area contributed by atoms with Crippen molar-refractivity contribution in [2.75, 3.05) is 5.32 Å². The number of carbonyl (C=O) groups is 1. The minimum Gasteiger partial charge on any atom is -0.389 e. The van der Waals surface area contributed by atoms with Crippen molar-refractivity contribution in [3.63, 3.8) is 0 Å². The van der Waals surface area contributed by atoms with Gasteiger partial charge in [0.1, 0.15) is 0 Å². The highest BCUT2D eigenvalue weighted by Gasteiger charge is 2.40. The third-order valence-electron chi connectivity index (χ3n) is 5.02. The summed E-state index contributed by atoms with van der Waals surface area (Å²) in [4.78, 5) is 12.2. The fraction of sp³-hybridized carbons (Fsp3) is 0.588. The van der Waals surface area contributed by atoms with Crippen LogP contribution in [-0.4, -0.2) is 11.0 Å². The van der Waals surface area contributed by atoms with E-state index in [0.717, 1.165) is 23.1 Å². The number of benzene rings is 1. The zero-order valence-electron chi connectivity index (χ0n) is 12.0. The SMILES string of the molecule is CC(O)c1ccccc1NC(=O)CC1CC2CCC1C2. The molecule has 0 spiro atoms. The first-order valence-corrected chi connectivity index (χ1v) is 7.70. The molecule has 2 aliphatic carbocycles. The predicted octanol–water partition coefficient (Wildman–Crippen LogP) is 3.50. The quantitative estimate of drug-likeness (QED) is 0.882. The minimum atomic E-state index is -0.561. The standard InChI is InChI=1S/C17H23NO2/c1-11(19)15-4-2-3-5-16(15)18-17(20)10-14-9-12-6-7-13(14)8-12/h2-5,11-14,19H,6-10H2,1H3,(H,18,20). The number of anilines is 1. The van der Waals surface area contributed by atoms with E-state index in [0.29, 0.717) is 12.3 Å². The first-order valence-electron chi connectivity index (χ1n) is 7.70. The summed E-state index contributed by atoms with van der Waals surface area (Å²) in [7, 11) is 0. The van der Waals surface area contributed by atoms with Crippen molar-refractivity contribution in [2.24, 2.45) is 17.8 Å². The lowest BCUT2D eigenvalue weighted by molar-refractivity contribution is -0.117. The summed E-state index contributed by atoms with van der Waals surface area (Å²) < 4.78 is 0. The number of amides is 1. The molecule has 0 aromatic heterocycles. The minimum absolute atomic E-state index is 0.0932. The van der Waals surface area contributed by atoms with E-state index in [2.05, 4.69) is 5.32 Å². The Kier molecular flexibility index (Phi) is 3.79. The van der Waals surface area contributed by atoms with Crippen molar-refractivity contribution in [2.45, 2.75) is 45.1 Å². The van der Waals surface area contributed by atoms with E-state index in [1.54, 1.807) is 6.92 Å². The van der Waals surface area contributed by atoms with Crippen LogP contribution < -0.4 is 5.32 Å². The van der Waals surface area contributed by atoms with Crippen molar-refractivity contribution in [1.29, 1.82) is 0 Å². The summed E-state index contributed by atoms with van der Waals surface area (Å²) in [6.45, 7) is 1.72. The number of aliphatic hydroxyl groups is 1. The highest BCUT2D eigenvalue weighted by Crippen LogP contribution is 2.49. The van der Waals surface area contributed by atoms with Gasteiger partial charge >= 0.3 is 0 Å². The molecule has 1 aromatic rings. The largest absolute Gasteiger partial charge is 0.389 e. The molecule has 2 saturated carbocycles. The molecular weight excluding hydrogens is 250 g/mol. The Morgan fingerprint density at radius 1 is 1.35 bits per heavy atom.